The third-order valence-corrected chi connectivity index (χ3v) is 4.08. The molecule has 2 aromatic rings. The van der Waals surface area contributed by atoms with E-state index in [0.717, 1.165) is 12.1 Å². The third-order valence-electron chi connectivity index (χ3n) is 4.08. The van der Waals surface area contributed by atoms with Crippen LogP contribution >= 0.6 is 0 Å². The fraction of sp³-hybridized carbons (Fsp3) is 0.278. The number of carbonyl (C=O) groups is 1. The van der Waals surface area contributed by atoms with Crippen LogP contribution in [-0.2, 0) is 10.9 Å². The Morgan fingerprint density at radius 2 is 1.81 bits per heavy atom. The second-order valence-electron chi connectivity index (χ2n) is 5.99. The molecule has 0 bridgehead atoms. The molecular weight excluding hydrogens is 363 g/mol. The second kappa shape index (κ2) is 7.95. The first-order valence-corrected chi connectivity index (χ1v) is 8.23. The molecule has 0 spiro atoms. The van der Waals surface area contributed by atoms with Crippen molar-refractivity contribution in [2.24, 2.45) is 0 Å². The molecule has 0 saturated carbocycles. The number of nitrogens with one attached hydrogen (secondary N) is 3. The van der Waals surface area contributed by atoms with Crippen LogP contribution in [-0.4, -0.2) is 30.0 Å². The summed E-state index contributed by atoms with van der Waals surface area (Å²) in [7, 11) is 0. The summed E-state index contributed by atoms with van der Waals surface area (Å²) in [6.45, 7) is 0.567. The van der Waals surface area contributed by atoms with Gasteiger partial charge in [-0.1, -0.05) is 12.1 Å². The van der Waals surface area contributed by atoms with E-state index in [1.165, 1.54) is 12.1 Å². The lowest BCUT2D eigenvalue weighted by molar-refractivity contribution is -0.137. The first kappa shape index (κ1) is 19.2. The molecule has 1 heterocycles. The van der Waals surface area contributed by atoms with Crippen LogP contribution in [0.25, 0.3) is 0 Å². The van der Waals surface area contributed by atoms with Gasteiger partial charge in [-0.15, -0.1) is 0 Å². The largest absolute Gasteiger partial charge is 0.416 e. The van der Waals surface area contributed by atoms with E-state index >= 15 is 0 Å². The number of rotatable bonds is 6. The van der Waals surface area contributed by atoms with E-state index in [4.69, 9.17) is 4.74 Å². The fourth-order valence-electron chi connectivity index (χ4n) is 2.49. The summed E-state index contributed by atoms with van der Waals surface area (Å²) >= 11 is 0. The van der Waals surface area contributed by atoms with E-state index in [-0.39, 0.29) is 11.7 Å². The summed E-state index contributed by atoms with van der Waals surface area (Å²) in [5.41, 5.74) is 5.18. The van der Waals surface area contributed by atoms with Crippen molar-refractivity contribution in [3.05, 3.63) is 59.7 Å². The summed E-state index contributed by atoms with van der Waals surface area (Å²) in [6.07, 6.45) is -5.12. The molecule has 27 heavy (non-hydrogen) atoms. The molecule has 1 aliphatic heterocycles. The van der Waals surface area contributed by atoms with Crippen molar-refractivity contribution in [3.63, 3.8) is 0 Å². The van der Waals surface area contributed by atoms with Gasteiger partial charge in [0.25, 0.3) is 5.91 Å². The van der Waals surface area contributed by atoms with Crippen molar-refractivity contribution in [3.8, 4) is 0 Å². The maximum atomic E-state index is 12.6. The topological polar surface area (TPSA) is 82.6 Å². The van der Waals surface area contributed by atoms with Crippen molar-refractivity contribution >= 4 is 17.3 Å². The highest BCUT2D eigenvalue weighted by Crippen LogP contribution is 2.30. The van der Waals surface area contributed by atoms with E-state index in [2.05, 4.69) is 16.2 Å². The second-order valence-corrected chi connectivity index (χ2v) is 5.99. The average molecular weight is 381 g/mol. The summed E-state index contributed by atoms with van der Waals surface area (Å²) in [4.78, 5) is 12.4. The van der Waals surface area contributed by atoms with Crippen LogP contribution in [0.5, 0.6) is 0 Å². The van der Waals surface area contributed by atoms with E-state index in [1.807, 2.05) is 0 Å². The molecule has 0 aromatic heterocycles. The smallest absolute Gasteiger partial charge is 0.374 e. The molecule has 144 valence electrons. The van der Waals surface area contributed by atoms with Crippen LogP contribution in [0.15, 0.2) is 48.5 Å². The normalized spacial score (nSPS) is 17.7. The lowest BCUT2D eigenvalue weighted by Gasteiger charge is -2.31. The van der Waals surface area contributed by atoms with E-state index in [1.54, 1.807) is 24.3 Å². The van der Waals surface area contributed by atoms with Gasteiger partial charge in [-0.05, 0) is 36.4 Å². The zero-order chi connectivity index (χ0) is 19.4. The van der Waals surface area contributed by atoms with Gasteiger partial charge in [0.2, 0.25) is 0 Å². The van der Waals surface area contributed by atoms with Crippen molar-refractivity contribution in [2.45, 2.75) is 24.9 Å². The summed E-state index contributed by atoms with van der Waals surface area (Å²) in [5.74, 6) is -0.511. The third kappa shape index (κ3) is 4.76. The number of amides is 1. The molecule has 1 amide bonds. The van der Waals surface area contributed by atoms with Crippen LogP contribution in [0.3, 0.4) is 0 Å². The number of hydrogen-bond donors (Lipinski definition) is 4. The van der Waals surface area contributed by atoms with Crippen LogP contribution in [0, 0.1) is 0 Å². The quantitative estimate of drug-likeness (QED) is 0.457. The Labute approximate surface area is 153 Å². The van der Waals surface area contributed by atoms with E-state index < -0.39 is 23.9 Å². The zero-order valence-electron chi connectivity index (χ0n) is 14.1. The van der Waals surface area contributed by atoms with E-state index in [9.17, 15) is 23.1 Å². The minimum Gasteiger partial charge on any atom is -0.374 e. The molecule has 4 N–H and O–H groups in total. The van der Waals surface area contributed by atoms with Gasteiger partial charge < -0.3 is 15.2 Å². The highest BCUT2D eigenvalue weighted by atomic mass is 19.4. The number of benzene rings is 2. The Kier molecular flexibility index (Phi) is 5.64. The number of para-hydroxylation sites is 1. The van der Waals surface area contributed by atoms with Crippen LogP contribution in [0.2, 0.25) is 0 Å². The number of aliphatic hydroxyl groups is 1. The monoisotopic (exact) mass is 381 g/mol. The maximum Gasteiger partial charge on any atom is 0.416 e. The number of halogens is 3. The number of carbonyl (C=O) groups excluding carboxylic acids is 1. The Balaban J connectivity index is 1.67. The zero-order valence-corrected chi connectivity index (χ0v) is 14.1. The predicted molar refractivity (Wildman–Crippen MR) is 92.1 cm³/mol. The Morgan fingerprint density at radius 3 is 2.41 bits per heavy atom. The molecule has 3 rings (SSSR count). The van der Waals surface area contributed by atoms with Gasteiger partial charge in [0, 0.05) is 18.7 Å². The Bertz CT molecular complexity index is 792. The molecular formula is C18H18F3N3O3. The fourth-order valence-corrected chi connectivity index (χ4v) is 2.49. The Hall–Kier alpha value is -2.62. The van der Waals surface area contributed by atoms with Crippen molar-refractivity contribution in [2.75, 3.05) is 11.9 Å². The SMILES string of the molecule is O=C(NNC(O)C1CCO1)c1ccccc1Nc1ccc(C(F)(F)F)cc1. The molecule has 2 aromatic carbocycles. The first-order chi connectivity index (χ1) is 12.8. The van der Waals surface area contributed by atoms with Gasteiger partial charge in [0.15, 0.2) is 0 Å². The number of ether oxygens (including phenoxy) is 1. The standard InChI is InChI=1S/C18H18F3N3O3/c19-18(20,21)11-5-7-12(8-6-11)22-14-4-2-1-3-13(14)16(25)23-24-17(26)15-9-10-27-15/h1-8,15,17,22,24,26H,9-10H2,(H,23,25). The lowest BCUT2D eigenvalue weighted by atomic mass is 10.1. The molecule has 1 fully saturated rings. The lowest BCUT2D eigenvalue weighted by Crippen LogP contribution is -2.53. The van der Waals surface area contributed by atoms with Crippen LogP contribution < -0.4 is 16.2 Å². The van der Waals surface area contributed by atoms with Crippen LogP contribution in [0.1, 0.15) is 22.3 Å². The van der Waals surface area contributed by atoms with Crippen molar-refractivity contribution in [1.82, 2.24) is 10.9 Å². The summed E-state index contributed by atoms with van der Waals surface area (Å²) < 4.78 is 43.0. The number of aliphatic hydroxyl groups excluding tert-OH is 1. The highest BCUT2D eigenvalue weighted by molar-refractivity contribution is 6.00. The number of anilines is 2. The molecule has 9 heteroatoms. The molecule has 1 saturated heterocycles. The van der Waals surface area contributed by atoms with Gasteiger partial charge in [0.1, 0.15) is 12.3 Å². The van der Waals surface area contributed by atoms with Gasteiger partial charge in [-0.2, -0.15) is 13.2 Å². The van der Waals surface area contributed by atoms with Gasteiger partial charge in [-0.3, -0.25) is 10.2 Å². The van der Waals surface area contributed by atoms with Crippen molar-refractivity contribution < 1.29 is 27.8 Å². The number of hydrazine groups is 1. The molecule has 1 aliphatic rings. The molecule has 0 radical (unpaired) electrons. The first-order valence-electron chi connectivity index (χ1n) is 8.23. The van der Waals surface area contributed by atoms with Crippen LogP contribution in [0.4, 0.5) is 24.5 Å². The van der Waals surface area contributed by atoms with Crippen molar-refractivity contribution in [1.29, 1.82) is 0 Å². The van der Waals surface area contributed by atoms with Gasteiger partial charge in [0.05, 0.1) is 16.8 Å². The van der Waals surface area contributed by atoms with E-state index in [0.29, 0.717) is 24.4 Å². The summed E-state index contributed by atoms with van der Waals surface area (Å²) in [6, 6.07) is 11.0. The molecule has 2 unspecified atom stereocenters. The number of hydrogen-bond acceptors (Lipinski definition) is 5. The molecule has 0 aliphatic carbocycles. The van der Waals surface area contributed by atoms with Gasteiger partial charge in [-0.25, -0.2) is 5.43 Å². The minimum absolute atomic E-state index is 0.256. The maximum absolute atomic E-state index is 12.6. The molecule has 6 nitrogen and oxygen atoms in total. The minimum atomic E-state index is -4.41. The summed E-state index contributed by atoms with van der Waals surface area (Å²) in [5, 5.41) is 12.7. The number of alkyl halides is 3. The molecule has 2 atom stereocenters. The highest BCUT2D eigenvalue weighted by Gasteiger charge is 2.30. The Morgan fingerprint density at radius 1 is 1.15 bits per heavy atom. The van der Waals surface area contributed by atoms with Gasteiger partial charge >= 0.3 is 6.18 Å². The predicted octanol–water partition coefficient (Wildman–Crippen LogP) is 2.79. The average Bonchev–Trinajstić information content (AvgIpc) is 2.58.